The van der Waals surface area contributed by atoms with Gasteiger partial charge in [-0.3, -0.25) is 9.59 Å². The van der Waals surface area contributed by atoms with Crippen molar-refractivity contribution in [2.75, 3.05) is 41.3 Å². The van der Waals surface area contributed by atoms with Crippen molar-refractivity contribution in [3.63, 3.8) is 0 Å². The number of aromatic nitrogens is 1. The Morgan fingerprint density at radius 1 is 1.00 bits per heavy atom. The quantitative estimate of drug-likeness (QED) is 0.701. The number of furan rings is 1. The minimum Gasteiger partial charge on any atom is -0.467 e. The first-order valence-corrected chi connectivity index (χ1v) is 8.24. The zero-order valence-corrected chi connectivity index (χ0v) is 13.6. The van der Waals surface area contributed by atoms with Crippen molar-refractivity contribution in [2.24, 2.45) is 0 Å². The zero-order chi connectivity index (χ0) is 17.2. The number of anilines is 3. The van der Waals surface area contributed by atoms with Gasteiger partial charge < -0.3 is 19.5 Å². The second-order valence-corrected chi connectivity index (χ2v) is 5.98. The van der Waals surface area contributed by atoms with Gasteiger partial charge in [0.25, 0.3) is 10.9 Å². The van der Waals surface area contributed by atoms with E-state index in [1.54, 1.807) is 18.5 Å². The summed E-state index contributed by atoms with van der Waals surface area (Å²) in [6, 6.07) is 9.44. The second-order valence-electron chi connectivity index (χ2n) is 5.98. The summed E-state index contributed by atoms with van der Waals surface area (Å²) in [7, 11) is 0. The van der Waals surface area contributed by atoms with Crippen molar-refractivity contribution < 1.29 is 4.42 Å². The molecule has 3 heterocycles. The van der Waals surface area contributed by atoms with Gasteiger partial charge in [0.05, 0.1) is 12.8 Å². The first kappa shape index (κ1) is 15.4. The van der Waals surface area contributed by atoms with Crippen LogP contribution in [0.4, 0.5) is 17.2 Å². The molecule has 7 heteroatoms. The van der Waals surface area contributed by atoms with Crippen molar-refractivity contribution >= 4 is 17.2 Å². The Labute approximate surface area is 144 Å². The van der Waals surface area contributed by atoms with Gasteiger partial charge in [-0.25, -0.2) is 4.98 Å². The molecule has 0 unspecified atom stereocenters. The van der Waals surface area contributed by atoms with E-state index in [1.165, 1.54) is 0 Å². The van der Waals surface area contributed by atoms with Gasteiger partial charge in [-0.2, -0.15) is 0 Å². The van der Waals surface area contributed by atoms with Crippen LogP contribution in [0, 0.1) is 0 Å². The van der Waals surface area contributed by atoms with Crippen LogP contribution < -0.4 is 26.0 Å². The lowest BCUT2D eigenvalue weighted by Gasteiger charge is -2.37. The smallest absolute Gasteiger partial charge is 0.253 e. The molecular formula is C18H18N4O3. The molecule has 0 saturated carbocycles. The summed E-state index contributed by atoms with van der Waals surface area (Å²) in [5, 5.41) is 3.04. The molecule has 1 fully saturated rings. The largest absolute Gasteiger partial charge is 0.467 e. The molecule has 0 amide bonds. The molecule has 0 aliphatic carbocycles. The number of nitrogens with zero attached hydrogens (tertiary/aromatic N) is 3. The minimum absolute atomic E-state index is 0.388. The minimum atomic E-state index is -0.450. The van der Waals surface area contributed by atoms with Gasteiger partial charge in [0.15, 0.2) is 0 Å². The molecule has 0 atom stereocenters. The highest BCUT2D eigenvalue weighted by Crippen LogP contribution is 2.23. The third-order valence-corrected chi connectivity index (χ3v) is 4.47. The lowest BCUT2D eigenvalue weighted by molar-refractivity contribution is 0.518. The Morgan fingerprint density at radius 3 is 2.48 bits per heavy atom. The molecule has 25 heavy (non-hydrogen) atoms. The predicted molar refractivity (Wildman–Crippen MR) is 96.1 cm³/mol. The normalized spacial score (nSPS) is 14.9. The molecule has 1 aliphatic rings. The van der Waals surface area contributed by atoms with Crippen LogP contribution in [-0.2, 0) is 6.54 Å². The van der Waals surface area contributed by atoms with Crippen molar-refractivity contribution in [2.45, 2.75) is 6.54 Å². The molecule has 1 aromatic carbocycles. The summed E-state index contributed by atoms with van der Waals surface area (Å²) in [6.45, 7) is 3.26. The van der Waals surface area contributed by atoms with Gasteiger partial charge in [0, 0.05) is 32.4 Å². The van der Waals surface area contributed by atoms with Crippen LogP contribution in [0.5, 0.6) is 0 Å². The van der Waals surface area contributed by atoms with E-state index in [1.807, 2.05) is 29.2 Å². The van der Waals surface area contributed by atoms with Gasteiger partial charge in [-0.1, -0.05) is 6.07 Å². The Balaban J connectivity index is 1.44. The van der Waals surface area contributed by atoms with E-state index in [9.17, 15) is 9.59 Å². The van der Waals surface area contributed by atoms with Crippen LogP contribution in [-0.4, -0.2) is 31.2 Å². The molecule has 3 aromatic rings. The van der Waals surface area contributed by atoms with E-state index in [0.717, 1.165) is 24.7 Å². The first-order valence-electron chi connectivity index (χ1n) is 8.24. The van der Waals surface area contributed by atoms with E-state index >= 15 is 0 Å². The summed E-state index contributed by atoms with van der Waals surface area (Å²) in [4.78, 5) is 32.5. The fourth-order valence-electron chi connectivity index (χ4n) is 3.13. The zero-order valence-electron chi connectivity index (χ0n) is 13.6. The number of nitrogens with one attached hydrogen (secondary N) is 1. The monoisotopic (exact) mass is 338 g/mol. The average Bonchev–Trinajstić information content (AvgIpc) is 3.19. The van der Waals surface area contributed by atoms with Gasteiger partial charge in [0.2, 0.25) is 0 Å². The molecule has 0 spiro atoms. The summed E-state index contributed by atoms with van der Waals surface area (Å²) < 4.78 is 5.25. The van der Waals surface area contributed by atoms with Crippen LogP contribution in [0.2, 0.25) is 0 Å². The molecule has 4 rings (SSSR count). The van der Waals surface area contributed by atoms with E-state index in [-0.39, 0.29) is 0 Å². The van der Waals surface area contributed by atoms with Gasteiger partial charge in [-0.15, -0.1) is 0 Å². The lowest BCUT2D eigenvalue weighted by atomic mass is 10.1. The standard InChI is InChI=1S/C18H18N4O3/c23-17-15(20-12-13-4-3-11-25-13)16(18(17)24)22-9-7-21(8-10-22)14-5-1-2-6-19-14/h1-6,11,20H,7-10,12H2. The molecule has 0 bridgehead atoms. The number of hydrogen-bond acceptors (Lipinski definition) is 7. The van der Waals surface area contributed by atoms with Gasteiger partial charge in [0.1, 0.15) is 23.0 Å². The molecule has 1 N–H and O–H groups in total. The Kier molecular flexibility index (Phi) is 3.97. The topological polar surface area (TPSA) is 78.7 Å². The van der Waals surface area contributed by atoms with E-state index < -0.39 is 10.9 Å². The first-order chi connectivity index (χ1) is 12.2. The van der Waals surface area contributed by atoms with Crippen molar-refractivity contribution in [1.29, 1.82) is 0 Å². The summed E-state index contributed by atoms with van der Waals surface area (Å²) in [6.07, 6.45) is 3.35. The molecular weight excluding hydrogens is 320 g/mol. The number of piperazine rings is 1. The lowest BCUT2D eigenvalue weighted by Crippen LogP contribution is -2.51. The molecule has 128 valence electrons. The maximum atomic E-state index is 12.0. The van der Waals surface area contributed by atoms with E-state index in [0.29, 0.717) is 31.0 Å². The predicted octanol–water partition coefficient (Wildman–Crippen LogP) is 1.21. The fourth-order valence-corrected chi connectivity index (χ4v) is 3.13. The third-order valence-electron chi connectivity index (χ3n) is 4.47. The Bertz CT molecular complexity index is 906. The van der Waals surface area contributed by atoms with Crippen molar-refractivity contribution in [3.8, 4) is 0 Å². The van der Waals surface area contributed by atoms with E-state index in [4.69, 9.17) is 4.42 Å². The van der Waals surface area contributed by atoms with Crippen molar-refractivity contribution in [1.82, 2.24) is 4.98 Å². The number of pyridine rings is 1. The van der Waals surface area contributed by atoms with Crippen LogP contribution in [0.15, 0.2) is 56.8 Å². The van der Waals surface area contributed by atoms with Crippen molar-refractivity contribution in [3.05, 3.63) is 69.0 Å². The maximum Gasteiger partial charge on any atom is 0.253 e. The number of hydrogen-bond donors (Lipinski definition) is 1. The third kappa shape index (κ3) is 2.88. The van der Waals surface area contributed by atoms with Crippen LogP contribution in [0.1, 0.15) is 5.76 Å². The molecule has 2 aromatic heterocycles. The SMILES string of the molecule is O=c1c(NCc2ccco2)c(N2CCN(c3ccccn3)CC2)c1=O. The fraction of sp³-hybridized carbons (Fsp3) is 0.278. The van der Waals surface area contributed by atoms with Crippen LogP contribution in [0.25, 0.3) is 0 Å². The summed E-state index contributed by atoms with van der Waals surface area (Å²) in [5.41, 5.74) is 0.0341. The highest BCUT2D eigenvalue weighted by molar-refractivity contribution is 5.75. The molecule has 7 nitrogen and oxygen atoms in total. The highest BCUT2D eigenvalue weighted by atomic mass is 16.3. The molecule has 1 aliphatic heterocycles. The highest BCUT2D eigenvalue weighted by Gasteiger charge is 2.28. The van der Waals surface area contributed by atoms with Gasteiger partial charge in [-0.05, 0) is 24.3 Å². The van der Waals surface area contributed by atoms with Gasteiger partial charge >= 0.3 is 0 Å². The molecule has 1 saturated heterocycles. The summed E-state index contributed by atoms with van der Waals surface area (Å²) in [5.74, 6) is 1.65. The Hall–Kier alpha value is -3.09. The second kappa shape index (κ2) is 6.43. The van der Waals surface area contributed by atoms with Crippen LogP contribution >= 0.6 is 0 Å². The number of rotatable bonds is 5. The van der Waals surface area contributed by atoms with E-state index in [2.05, 4.69) is 15.2 Å². The maximum absolute atomic E-state index is 12.0. The summed E-state index contributed by atoms with van der Waals surface area (Å²) >= 11 is 0. The Morgan fingerprint density at radius 2 is 1.80 bits per heavy atom. The molecule has 0 radical (unpaired) electrons. The van der Waals surface area contributed by atoms with Crippen LogP contribution in [0.3, 0.4) is 0 Å². The average molecular weight is 338 g/mol.